The third kappa shape index (κ3) is 4.75. The Hall–Kier alpha value is -2.01. The van der Waals surface area contributed by atoms with Gasteiger partial charge in [-0.1, -0.05) is 18.2 Å². The van der Waals surface area contributed by atoms with Crippen LogP contribution < -0.4 is 4.90 Å². The van der Waals surface area contributed by atoms with E-state index < -0.39 is 0 Å². The number of anilines is 1. The highest BCUT2D eigenvalue weighted by molar-refractivity contribution is 8.00. The van der Waals surface area contributed by atoms with Crippen LogP contribution in [0.5, 0.6) is 0 Å². The monoisotopic (exact) mass is 358 g/mol. The van der Waals surface area contributed by atoms with Crippen molar-refractivity contribution >= 4 is 23.4 Å². The molecule has 0 bridgehead atoms. The minimum atomic E-state index is -0.220. The van der Waals surface area contributed by atoms with Crippen molar-refractivity contribution in [3.63, 3.8) is 0 Å². The van der Waals surface area contributed by atoms with Crippen LogP contribution in [0.4, 0.5) is 10.1 Å². The maximum atomic E-state index is 13.1. The lowest BCUT2D eigenvalue weighted by molar-refractivity contribution is -0.130. The zero-order valence-electron chi connectivity index (χ0n) is 14.4. The van der Waals surface area contributed by atoms with Gasteiger partial charge in [0.05, 0.1) is 5.25 Å². The van der Waals surface area contributed by atoms with Crippen LogP contribution in [0.1, 0.15) is 13.3 Å². The summed E-state index contributed by atoms with van der Waals surface area (Å²) < 4.78 is 13.1. The number of hydrogen-bond donors (Lipinski definition) is 0. The molecule has 0 aliphatic carbocycles. The van der Waals surface area contributed by atoms with Crippen LogP contribution in [-0.4, -0.2) is 42.2 Å². The highest BCUT2D eigenvalue weighted by atomic mass is 32.2. The van der Waals surface area contributed by atoms with Crippen LogP contribution in [0.15, 0.2) is 59.5 Å². The van der Waals surface area contributed by atoms with Gasteiger partial charge in [0.1, 0.15) is 5.82 Å². The molecule has 0 aromatic heterocycles. The first-order chi connectivity index (χ1) is 12.1. The van der Waals surface area contributed by atoms with Gasteiger partial charge in [0.2, 0.25) is 5.91 Å². The van der Waals surface area contributed by atoms with Crippen molar-refractivity contribution in [3.8, 4) is 0 Å². The quantitative estimate of drug-likeness (QED) is 0.771. The van der Waals surface area contributed by atoms with E-state index in [1.807, 2.05) is 42.2 Å². The molecule has 1 unspecified atom stereocenters. The molecule has 2 aromatic rings. The first-order valence-corrected chi connectivity index (χ1v) is 9.52. The molecule has 1 fully saturated rings. The van der Waals surface area contributed by atoms with Gasteiger partial charge in [-0.3, -0.25) is 4.79 Å². The van der Waals surface area contributed by atoms with E-state index in [0.717, 1.165) is 36.6 Å². The fourth-order valence-electron chi connectivity index (χ4n) is 3.06. The highest BCUT2D eigenvalue weighted by Gasteiger charge is 2.24. The molecule has 1 amide bonds. The van der Waals surface area contributed by atoms with E-state index in [4.69, 9.17) is 0 Å². The minimum absolute atomic E-state index is 0.0974. The summed E-state index contributed by atoms with van der Waals surface area (Å²) in [5, 5.41) is -0.0974. The van der Waals surface area contributed by atoms with Gasteiger partial charge in [-0.25, -0.2) is 4.39 Å². The smallest absolute Gasteiger partial charge is 0.235 e. The molecule has 1 aliphatic heterocycles. The zero-order chi connectivity index (χ0) is 17.6. The van der Waals surface area contributed by atoms with Gasteiger partial charge in [-0.2, -0.15) is 0 Å². The van der Waals surface area contributed by atoms with Gasteiger partial charge in [0.25, 0.3) is 0 Å². The van der Waals surface area contributed by atoms with E-state index in [2.05, 4.69) is 4.90 Å². The third-order valence-corrected chi connectivity index (χ3v) is 5.50. The second kappa shape index (κ2) is 8.39. The molecule has 1 heterocycles. The fourth-order valence-corrected chi connectivity index (χ4v) is 4.03. The average Bonchev–Trinajstić information content (AvgIpc) is 2.89. The van der Waals surface area contributed by atoms with Crippen molar-refractivity contribution in [1.29, 1.82) is 0 Å². The van der Waals surface area contributed by atoms with Gasteiger partial charge in [-0.05, 0) is 49.7 Å². The Morgan fingerprint density at radius 2 is 1.72 bits per heavy atom. The number of halogens is 1. The van der Waals surface area contributed by atoms with Gasteiger partial charge >= 0.3 is 0 Å². The van der Waals surface area contributed by atoms with E-state index in [1.165, 1.54) is 12.1 Å². The molecular formula is C20H23FN2OS. The van der Waals surface area contributed by atoms with Crippen LogP contribution in [0.25, 0.3) is 0 Å². The number of benzene rings is 2. The summed E-state index contributed by atoms with van der Waals surface area (Å²) in [7, 11) is 0. The summed E-state index contributed by atoms with van der Waals surface area (Å²) in [6.07, 6.45) is 0.922. The Labute approximate surface area is 152 Å². The number of amides is 1. The number of carbonyl (C=O) groups excluding carboxylic acids is 1. The van der Waals surface area contributed by atoms with Crippen LogP contribution in [0, 0.1) is 5.82 Å². The molecule has 0 radical (unpaired) electrons. The molecule has 1 saturated heterocycles. The third-order valence-electron chi connectivity index (χ3n) is 4.40. The van der Waals surface area contributed by atoms with Crippen LogP contribution >= 0.6 is 11.8 Å². The maximum absolute atomic E-state index is 13.1. The van der Waals surface area contributed by atoms with Crippen LogP contribution in [0.2, 0.25) is 0 Å². The lowest BCUT2D eigenvalue weighted by atomic mass is 10.2. The summed E-state index contributed by atoms with van der Waals surface area (Å²) in [4.78, 5) is 18.1. The molecule has 3 rings (SSSR count). The zero-order valence-corrected chi connectivity index (χ0v) is 15.2. The Bertz CT molecular complexity index is 693. The molecule has 132 valence electrons. The van der Waals surface area contributed by atoms with Gasteiger partial charge in [-0.15, -0.1) is 11.8 Å². The summed E-state index contributed by atoms with van der Waals surface area (Å²) in [5.41, 5.74) is 1.02. The number of rotatable bonds is 4. The number of thioether (sulfide) groups is 1. The minimum Gasteiger partial charge on any atom is -0.370 e. The van der Waals surface area contributed by atoms with E-state index in [-0.39, 0.29) is 17.0 Å². The first kappa shape index (κ1) is 17.8. The fraction of sp³-hybridized carbons (Fsp3) is 0.350. The SMILES string of the molecule is CC(Sc1ccccc1)C(=O)N1CCCN(c2ccc(F)cc2)CC1. The number of hydrogen-bond acceptors (Lipinski definition) is 3. The lowest BCUT2D eigenvalue weighted by Gasteiger charge is -2.25. The molecular weight excluding hydrogens is 335 g/mol. The Morgan fingerprint density at radius 1 is 1.00 bits per heavy atom. The summed E-state index contributed by atoms with van der Waals surface area (Å²) in [6.45, 7) is 5.12. The largest absolute Gasteiger partial charge is 0.370 e. The van der Waals surface area contributed by atoms with Crippen molar-refractivity contribution in [3.05, 3.63) is 60.4 Å². The van der Waals surface area contributed by atoms with E-state index >= 15 is 0 Å². The number of carbonyl (C=O) groups is 1. The summed E-state index contributed by atoms with van der Waals surface area (Å²) in [6, 6.07) is 16.6. The highest BCUT2D eigenvalue weighted by Crippen LogP contribution is 2.25. The number of nitrogens with zero attached hydrogens (tertiary/aromatic N) is 2. The molecule has 1 aliphatic rings. The predicted octanol–water partition coefficient (Wildman–Crippen LogP) is 4.05. The predicted molar refractivity (Wildman–Crippen MR) is 102 cm³/mol. The standard InChI is InChI=1S/C20H23FN2OS/c1-16(25-19-6-3-2-4-7-19)20(24)23-13-5-12-22(14-15-23)18-10-8-17(21)9-11-18/h2-4,6-11,16H,5,12-15H2,1H3. The molecule has 1 atom stereocenters. The Morgan fingerprint density at radius 3 is 2.44 bits per heavy atom. The molecule has 0 saturated carbocycles. The van der Waals surface area contributed by atoms with Crippen molar-refractivity contribution < 1.29 is 9.18 Å². The molecule has 3 nitrogen and oxygen atoms in total. The van der Waals surface area contributed by atoms with E-state index in [1.54, 1.807) is 23.9 Å². The van der Waals surface area contributed by atoms with Crippen molar-refractivity contribution in [2.75, 3.05) is 31.1 Å². The lowest BCUT2D eigenvalue weighted by Crippen LogP contribution is -2.39. The van der Waals surface area contributed by atoms with Crippen LogP contribution in [-0.2, 0) is 4.79 Å². The van der Waals surface area contributed by atoms with Crippen molar-refractivity contribution in [2.24, 2.45) is 0 Å². The second-order valence-electron chi connectivity index (χ2n) is 6.22. The molecule has 0 spiro atoms. The Kier molecular flexibility index (Phi) is 5.97. The van der Waals surface area contributed by atoms with Crippen molar-refractivity contribution in [1.82, 2.24) is 4.90 Å². The summed E-state index contributed by atoms with van der Waals surface area (Å²) >= 11 is 1.60. The Balaban J connectivity index is 1.58. The molecule has 5 heteroatoms. The van der Waals surface area contributed by atoms with Gasteiger partial charge < -0.3 is 9.80 Å². The maximum Gasteiger partial charge on any atom is 0.235 e. The van der Waals surface area contributed by atoms with E-state index in [0.29, 0.717) is 6.54 Å². The average molecular weight is 358 g/mol. The normalized spacial score (nSPS) is 16.4. The van der Waals surface area contributed by atoms with Gasteiger partial charge in [0, 0.05) is 36.8 Å². The molecule has 25 heavy (non-hydrogen) atoms. The summed E-state index contributed by atoms with van der Waals surface area (Å²) in [5.74, 6) is -0.0306. The van der Waals surface area contributed by atoms with Crippen molar-refractivity contribution in [2.45, 2.75) is 23.5 Å². The molecule has 0 N–H and O–H groups in total. The topological polar surface area (TPSA) is 23.6 Å². The molecule has 2 aromatic carbocycles. The first-order valence-electron chi connectivity index (χ1n) is 8.64. The van der Waals surface area contributed by atoms with E-state index in [9.17, 15) is 9.18 Å². The van der Waals surface area contributed by atoms with Gasteiger partial charge in [0.15, 0.2) is 0 Å². The van der Waals surface area contributed by atoms with Crippen LogP contribution in [0.3, 0.4) is 0 Å². The second-order valence-corrected chi connectivity index (χ2v) is 7.63.